The Morgan fingerprint density at radius 3 is 2.46 bits per heavy atom. The molecule has 1 saturated carbocycles. The van der Waals surface area contributed by atoms with E-state index in [4.69, 9.17) is 11.6 Å². The first-order valence-electron chi connectivity index (χ1n) is 17.8. The lowest BCUT2D eigenvalue weighted by Crippen LogP contribution is -2.50. The second-order valence-corrected chi connectivity index (χ2v) is 16.7. The molecular formula is C39H33ClF7N7O4S. The van der Waals surface area contributed by atoms with E-state index in [1.807, 2.05) is 0 Å². The molecule has 2 aliphatic carbocycles. The van der Waals surface area contributed by atoms with E-state index in [2.05, 4.69) is 43.6 Å². The number of anilines is 1. The summed E-state index contributed by atoms with van der Waals surface area (Å²) in [6.07, 6.45) is -3.89. The lowest BCUT2D eigenvalue weighted by Gasteiger charge is -2.39. The van der Waals surface area contributed by atoms with Gasteiger partial charge in [-0.1, -0.05) is 41.8 Å². The second kappa shape index (κ2) is 15.0. The van der Waals surface area contributed by atoms with Crippen molar-refractivity contribution in [1.29, 1.82) is 0 Å². The highest BCUT2D eigenvalue weighted by atomic mass is 35.5. The molecule has 0 aliphatic heterocycles. The molecule has 2 aliphatic rings. The van der Waals surface area contributed by atoms with Gasteiger partial charge in [-0.25, -0.2) is 35.4 Å². The van der Waals surface area contributed by atoms with Crippen LogP contribution in [-0.4, -0.2) is 61.8 Å². The molecule has 11 nitrogen and oxygen atoms in total. The Balaban J connectivity index is 1.38. The van der Waals surface area contributed by atoms with Crippen LogP contribution in [0.1, 0.15) is 59.2 Å². The largest absolute Gasteiger partial charge is 0.377 e. The minimum absolute atomic E-state index is 0.00111. The smallest absolute Gasteiger partial charge is 0.296 e. The first-order chi connectivity index (χ1) is 27.6. The zero-order valence-electron chi connectivity index (χ0n) is 31.0. The average molecular weight is 864 g/mol. The van der Waals surface area contributed by atoms with Crippen molar-refractivity contribution in [1.82, 2.24) is 29.9 Å². The topological polar surface area (TPSA) is 144 Å². The van der Waals surface area contributed by atoms with Crippen LogP contribution in [0.2, 0.25) is 5.02 Å². The van der Waals surface area contributed by atoms with Crippen LogP contribution in [0.25, 0.3) is 22.0 Å². The maximum Gasteiger partial charge on any atom is 0.296 e. The highest BCUT2D eigenvalue weighted by Crippen LogP contribution is 2.49. The molecule has 0 unspecified atom stereocenters. The number of rotatable bonds is 11. The fourth-order valence-electron chi connectivity index (χ4n) is 7.58. The number of sulfonamides is 1. The molecule has 1 amide bonds. The van der Waals surface area contributed by atoms with Crippen molar-refractivity contribution >= 4 is 44.3 Å². The Morgan fingerprint density at radius 2 is 1.81 bits per heavy atom. The van der Waals surface area contributed by atoms with Gasteiger partial charge in [0.15, 0.2) is 5.82 Å². The number of nitrogens with zero attached hydrogens (tertiary/aromatic N) is 5. The van der Waals surface area contributed by atoms with Crippen LogP contribution in [0.4, 0.5) is 36.6 Å². The first-order valence-corrected chi connectivity index (χ1v) is 20.0. The Hall–Kier alpha value is -5.45. The minimum Gasteiger partial charge on any atom is -0.377 e. The number of halogens is 8. The molecule has 0 spiro atoms. The number of carbonyl (C=O) groups is 1. The van der Waals surface area contributed by atoms with Crippen molar-refractivity contribution in [2.24, 2.45) is 13.0 Å². The summed E-state index contributed by atoms with van der Waals surface area (Å²) >= 11 is 6.58. The van der Waals surface area contributed by atoms with E-state index in [0.717, 1.165) is 12.3 Å². The number of hydrogen-bond acceptors (Lipinski definition) is 7. The van der Waals surface area contributed by atoms with Gasteiger partial charge >= 0.3 is 0 Å². The molecule has 0 radical (unpaired) electrons. The predicted molar refractivity (Wildman–Crippen MR) is 203 cm³/mol. The van der Waals surface area contributed by atoms with E-state index in [1.54, 1.807) is 6.07 Å². The van der Waals surface area contributed by atoms with Gasteiger partial charge < -0.3 is 10.4 Å². The molecule has 0 saturated heterocycles. The summed E-state index contributed by atoms with van der Waals surface area (Å²) in [6, 6.07) is 9.91. The lowest BCUT2D eigenvalue weighted by molar-refractivity contribution is -0.176. The number of carbonyl (C=O) groups excluding carboxylic acids is 1. The molecule has 2 aromatic carbocycles. The van der Waals surface area contributed by atoms with Gasteiger partial charge in [-0.15, -0.1) is 6.58 Å². The molecule has 5 aromatic rings. The van der Waals surface area contributed by atoms with Crippen molar-refractivity contribution in [2.75, 3.05) is 11.0 Å². The summed E-state index contributed by atoms with van der Waals surface area (Å²) in [5.74, 6) is -5.07. The van der Waals surface area contributed by atoms with E-state index in [1.165, 1.54) is 54.2 Å². The molecular weight excluding hydrogens is 831 g/mol. The lowest BCUT2D eigenvalue weighted by atomic mass is 9.77. The predicted octanol–water partition coefficient (Wildman–Crippen LogP) is 7.00. The summed E-state index contributed by atoms with van der Waals surface area (Å²) in [5, 5.41) is 21.6. The number of allylic oxidation sites excluding steroid dienone is 1. The number of alkyl halides is 6. The van der Waals surface area contributed by atoms with Crippen LogP contribution in [0.5, 0.6) is 0 Å². The zero-order chi connectivity index (χ0) is 42.8. The third-order valence-corrected chi connectivity index (χ3v) is 10.9. The molecule has 3 aromatic heterocycles. The van der Waals surface area contributed by atoms with Gasteiger partial charge in [0.05, 0.1) is 52.7 Å². The van der Waals surface area contributed by atoms with Crippen LogP contribution in [0.15, 0.2) is 61.2 Å². The third kappa shape index (κ3) is 8.25. The first kappa shape index (κ1) is 41.7. The van der Waals surface area contributed by atoms with Crippen LogP contribution < -0.4 is 10.0 Å². The van der Waals surface area contributed by atoms with Crippen molar-refractivity contribution in [3.05, 3.63) is 106 Å². The standard InChI is InChI=1S/C39H33ClF7N7O4S/c1-4-21-16-26-32(35(42)43)50-54(34(26)39(21,46)47)17-29(55)49-28(15-20-6-5-7-22(41)14-20)31-24(9-8-23(48-31)12-13-37(56)18-38(44,45)19-37)25-10-11-27(40)30-33(25)53(2)51-36(30)52-59(3,57)58/h4-11,14,21,28,35,56H,1,15-19H2,2-3H3,(H,49,55)(H,51,52)/t21-,28+/m1/s1. The van der Waals surface area contributed by atoms with Crippen LogP contribution >= 0.6 is 11.6 Å². The van der Waals surface area contributed by atoms with Crippen molar-refractivity contribution in [2.45, 2.75) is 62.1 Å². The Morgan fingerprint density at radius 1 is 1.10 bits per heavy atom. The fraction of sp³-hybridized carbons (Fsp3) is 0.333. The van der Waals surface area contributed by atoms with E-state index in [-0.39, 0.29) is 45.1 Å². The number of aromatic nitrogens is 5. The molecule has 2 atom stereocenters. The van der Waals surface area contributed by atoms with E-state index < -0.39 is 100 Å². The maximum atomic E-state index is 15.6. The van der Waals surface area contributed by atoms with Crippen LogP contribution in [0, 0.1) is 23.6 Å². The molecule has 7 rings (SSSR count). The van der Waals surface area contributed by atoms with E-state index >= 15 is 8.78 Å². The summed E-state index contributed by atoms with van der Waals surface area (Å²) in [6.45, 7) is 2.44. The maximum absolute atomic E-state index is 15.6. The number of aliphatic hydroxyl groups is 1. The normalized spacial score (nSPS) is 18.1. The zero-order valence-corrected chi connectivity index (χ0v) is 32.6. The van der Waals surface area contributed by atoms with Crippen LogP contribution in [-0.2, 0) is 47.2 Å². The highest BCUT2D eigenvalue weighted by Gasteiger charge is 2.55. The molecule has 20 heteroatoms. The SMILES string of the molecule is C=C[C@@H]1Cc2c(C(F)F)nn(CC(=O)N[C@@H](Cc3cccc(F)c3)c3nc(C#CC4(O)CC(F)(F)C4)ccc3-c3ccc(Cl)c4c(NS(C)(=O)=O)nn(C)c34)c2C1(F)F. The number of pyridine rings is 1. The monoisotopic (exact) mass is 863 g/mol. The van der Waals surface area contributed by atoms with Crippen LogP contribution in [0.3, 0.4) is 0 Å². The molecule has 1 fully saturated rings. The number of benzene rings is 2. The van der Waals surface area contributed by atoms with Gasteiger partial charge in [0.25, 0.3) is 18.3 Å². The highest BCUT2D eigenvalue weighted by molar-refractivity contribution is 7.92. The molecule has 3 heterocycles. The van der Waals surface area contributed by atoms with E-state index in [0.29, 0.717) is 15.8 Å². The van der Waals surface area contributed by atoms with Gasteiger partial charge in [-0.2, -0.15) is 19.0 Å². The summed E-state index contributed by atoms with van der Waals surface area (Å²) in [7, 11) is -2.35. The van der Waals surface area contributed by atoms with Crippen molar-refractivity contribution in [3.8, 4) is 23.0 Å². The van der Waals surface area contributed by atoms with Gasteiger partial charge in [0.2, 0.25) is 15.9 Å². The molecule has 0 bridgehead atoms. The number of hydrogen-bond donors (Lipinski definition) is 3. The number of nitrogens with one attached hydrogen (secondary N) is 2. The number of aryl methyl sites for hydroxylation is 1. The number of amides is 1. The van der Waals surface area contributed by atoms with Gasteiger partial charge in [0.1, 0.15) is 35.0 Å². The molecule has 3 N–H and O–H groups in total. The van der Waals surface area contributed by atoms with Crippen molar-refractivity contribution < 1.29 is 49.1 Å². The third-order valence-electron chi connectivity index (χ3n) is 10.0. The summed E-state index contributed by atoms with van der Waals surface area (Å²) in [5.41, 5.74) is -3.10. The second-order valence-electron chi connectivity index (χ2n) is 14.6. The van der Waals surface area contributed by atoms with E-state index in [9.17, 15) is 40.3 Å². The van der Waals surface area contributed by atoms with Gasteiger partial charge in [-0.3, -0.25) is 18.9 Å². The fourth-order valence-corrected chi connectivity index (χ4v) is 8.32. The van der Waals surface area contributed by atoms with Gasteiger partial charge in [0, 0.05) is 23.7 Å². The Kier molecular flexibility index (Phi) is 10.6. The quantitative estimate of drug-likeness (QED) is 0.0738. The molecule has 310 valence electrons. The van der Waals surface area contributed by atoms with Gasteiger partial charge in [-0.05, 0) is 54.7 Å². The van der Waals surface area contributed by atoms with Crippen molar-refractivity contribution in [3.63, 3.8) is 0 Å². The Bertz CT molecular complexity index is 2700. The number of fused-ring (bicyclic) bond motifs is 2. The Labute approximate surface area is 337 Å². The molecule has 59 heavy (non-hydrogen) atoms. The average Bonchev–Trinajstić information content (AvgIpc) is 3.74. The summed E-state index contributed by atoms with van der Waals surface area (Å²) in [4.78, 5) is 18.7. The minimum atomic E-state index is -3.85. The summed E-state index contributed by atoms with van der Waals surface area (Å²) < 4.78 is 130.